The predicted octanol–water partition coefficient (Wildman–Crippen LogP) is 1.29. The molecule has 1 rings (SSSR count). The molecule has 0 saturated heterocycles. The van der Waals surface area contributed by atoms with Gasteiger partial charge in [-0.2, -0.15) is 26.3 Å². The number of alkyl halides is 6. The van der Waals surface area contributed by atoms with Crippen LogP contribution < -0.4 is 8.69 Å². The van der Waals surface area contributed by atoms with E-state index in [1.807, 2.05) is 18.2 Å². The number of pyridine rings is 1. The molecule has 0 spiro atoms. The number of halogens is 6. The number of hydrogen-bond acceptors (Lipinski definition) is 5. The number of sulfonamides is 2. The topological polar surface area (TPSA) is 93.4 Å². The number of nitrogens with one attached hydrogen (secondary N) is 1. The maximum absolute atomic E-state index is 11.5. The van der Waals surface area contributed by atoms with Gasteiger partial charge in [-0.15, -0.1) is 0 Å². The van der Waals surface area contributed by atoms with Gasteiger partial charge in [0.15, 0.2) is 18.9 Å². The van der Waals surface area contributed by atoms with Gasteiger partial charge in [-0.1, -0.05) is 10.2 Å². The zero-order valence-electron chi connectivity index (χ0n) is 13.1. The van der Waals surface area contributed by atoms with Crippen LogP contribution in [0.15, 0.2) is 30.6 Å². The van der Waals surface area contributed by atoms with Crippen LogP contribution in [0.4, 0.5) is 26.3 Å². The van der Waals surface area contributed by atoms with Gasteiger partial charge in [0.25, 0.3) is 0 Å². The fourth-order valence-corrected chi connectivity index (χ4v) is 3.13. The minimum Gasteiger partial charge on any atom is -0.384 e. The van der Waals surface area contributed by atoms with Crippen molar-refractivity contribution in [1.29, 1.82) is 0 Å². The van der Waals surface area contributed by atoms with Crippen molar-refractivity contribution >= 4 is 20.0 Å². The number of ether oxygens (including phenoxy) is 1. The van der Waals surface area contributed by atoms with Crippen LogP contribution in [0, 0.1) is 0 Å². The van der Waals surface area contributed by atoms with Crippen LogP contribution in [0.2, 0.25) is 0 Å². The van der Waals surface area contributed by atoms with Crippen molar-refractivity contribution in [2.45, 2.75) is 24.0 Å². The van der Waals surface area contributed by atoms with Gasteiger partial charge in [0.05, 0.1) is 6.61 Å². The van der Waals surface area contributed by atoms with E-state index in [1.165, 1.54) is 0 Å². The van der Waals surface area contributed by atoms with Crippen LogP contribution in [0.3, 0.4) is 0 Å². The van der Waals surface area contributed by atoms with E-state index in [0.717, 1.165) is 19.6 Å². The average Bonchev–Trinajstić information content (AvgIpc) is 2.46. The third-order valence-electron chi connectivity index (χ3n) is 2.37. The summed E-state index contributed by atoms with van der Waals surface area (Å²) in [5, 5.41) is 0. The number of aromatic nitrogens is 1. The lowest BCUT2D eigenvalue weighted by molar-refractivity contribution is -0.697. The molecular formula is C11H15F6N2O5S2+. The Morgan fingerprint density at radius 2 is 1.31 bits per heavy atom. The van der Waals surface area contributed by atoms with Gasteiger partial charge in [0.2, 0.25) is 0 Å². The molecule has 1 N–H and O–H groups in total. The van der Waals surface area contributed by atoms with Crippen LogP contribution in [0.25, 0.3) is 0 Å². The van der Waals surface area contributed by atoms with E-state index in [4.69, 9.17) is 4.74 Å². The SMILES string of the molecule is COCCC[n+]1ccccc1.O=S(=O)(NS(=O)(=O)C(F)(F)F)C(F)(F)F. The lowest BCUT2D eigenvalue weighted by Gasteiger charge is -2.11. The van der Waals surface area contributed by atoms with E-state index in [0.29, 0.717) is 0 Å². The van der Waals surface area contributed by atoms with E-state index in [-0.39, 0.29) is 0 Å². The summed E-state index contributed by atoms with van der Waals surface area (Å²) >= 11 is 0. The molecule has 1 aromatic rings. The van der Waals surface area contributed by atoms with E-state index in [2.05, 4.69) is 17.0 Å². The predicted molar refractivity (Wildman–Crippen MR) is 76.2 cm³/mol. The first kappa shape index (κ1) is 24.6. The van der Waals surface area contributed by atoms with Gasteiger partial charge < -0.3 is 4.74 Å². The summed E-state index contributed by atoms with van der Waals surface area (Å²) in [6.45, 7) is 1.87. The highest BCUT2D eigenvalue weighted by Crippen LogP contribution is 2.27. The summed E-state index contributed by atoms with van der Waals surface area (Å²) in [5.74, 6) is 0. The van der Waals surface area contributed by atoms with E-state index in [9.17, 15) is 43.2 Å². The Bertz CT molecular complexity index is 706. The Labute approximate surface area is 145 Å². The smallest absolute Gasteiger partial charge is 0.384 e. The normalized spacial score (nSPS) is 13.0. The maximum atomic E-state index is 11.5. The molecule has 15 heteroatoms. The van der Waals surface area contributed by atoms with Crippen molar-refractivity contribution in [2.24, 2.45) is 0 Å². The zero-order valence-corrected chi connectivity index (χ0v) is 14.7. The summed E-state index contributed by atoms with van der Waals surface area (Å²) in [6, 6.07) is 6.09. The van der Waals surface area contributed by atoms with Crippen molar-refractivity contribution in [3.05, 3.63) is 30.6 Å². The largest absolute Gasteiger partial charge is 0.512 e. The quantitative estimate of drug-likeness (QED) is 0.415. The van der Waals surface area contributed by atoms with Gasteiger partial charge >= 0.3 is 31.1 Å². The molecule has 0 aliphatic carbocycles. The molecule has 1 aromatic heterocycles. The summed E-state index contributed by atoms with van der Waals surface area (Å²) in [7, 11) is -11.5. The van der Waals surface area contributed by atoms with Crippen molar-refractivity contribution < 1.29 is 52.5 Å². The fraction of sp³-hybridized carbons (Fsp3) is 0.545. The summed E-state index contributed by atoms with van der Waals surface area (Å²) in [5.41, 5.74) is -12.3. The molecule has 0 radical (unpaired) electrons. The molecule has 1 heterocycles. The number of nitrogens with zero attached hydrogens (tertiary/aromatic N) is 1. The molecule has 0 saturated carbocycles. The number of hydrogen-bond donors (Lipinski definition) is 1. The van der Waals surface area contributed by atoms with Crippen LogP contribution in [-0.2, 0) is 31.3 Å². The average molecular weight is 433 g/mol. The second-order valence-corrected chi connectivity index (χ2v) is 8.05. The Kier molecular flexibility index (Phi) is 8.95. The molecule has 0 fully saturated rings. The lowest BCUT2D eigenvalue weighted by Crippen LogP contribution is -2.45. The molecule has 0 aliphatic heterocycles. The summed E-state index contributed by atoms with van der Waals surface area (Å²) in [6.07, 6.45) is 5.20. The van der Waals surface area contributed by atoms with Crippen molar-refractivity contribution in [3.8, 4) is 0 Å². The molecular weight excluding hydrogens is 418 g/mol. The first-order chi connectivity index (χ1) is 11.6. The number of aryl methyl sites for hydroxylation is 1. The molecule has 152 valence electrons. The van der Waals surface area contributed by atoms with Gasteiger partial charge in [0, 0.05) is 25.7 Å². The third-order valence-corrected chi connectivity index (χ3v) is 5.35. The molecule has 0 aliphatic rings. The van der Waals surface area contributed by atoms with Crippen molar-refractivity contribution in [1.82, 2.24) is 4.13 Å². The number of methoxy groups -OCH3 is 1. The van der Waals surface area contributed by atoms with Crippen LogP contribution in [0.5, 0.6) is 0 Å². The van der Waals surface area contributed by atoms with Gasteiger partial charge in [-0.3, -0.25) is 0 Å². The highest BCUT2D eigenvalue weighted by molar-refractivity contribution is 8.05. The fourth-order valence-electron chi connectivity index (χ4n) is 1.21. The molecule has 0 atom stereocenters. The Hall–Kier alpha value is -1.45. The summed E-state index contributed by atoms with van der Waals surface area (Å²) < 4.78 is 115. The maximum Gasteiger partial charge on any atom is 0.512 e. The lowest BCUT2D eigenvalue weighted by atomic mass is 10.4. The van der Waals surface area contributed by atoms with Crippen LogP contribution in [-0.4, -0.2) is 41.6 Å². The second kappa shape index (κ2) is 9.48. The first-order valence-corrected chi connectivity index (χ1v) is 9.45. The molecule has 7 nitrogen and oxygen atoms in total. The van der Waals surface area contributed by atoms with E-state index < -0.39 is 35.2 Å². The minimum atomic E-state index is -6.60. The Morgan fingerprint density at radius 3 is 1.65 bits per heavy atom. The molecule has 0 aromatic carbocycles. The van der Waals surface area contributed by atoms with E-state index >= 15 is 0 Å². The van der Waals surface area contributed by atoms with Gasteiger partial charge in [-0.05, 0) is 0 Å². The Balaban J connectivity index is 0.000000502. The van der Waals surface area contributed by atoms with Crippen molar-refractivity contribution in [2.75, 3.05) is 13.7 Å². The minimum absolute atomic E-state index is 0.493. The molecule has 0 amide bonds. The third kappa shape index (κ3) is 8.29. The molecule has 0 unspecified atom stereocenters. The van der Waals surface area contributed by atoms with Gasteiger partial charge in [-0.25, -0.2) is 21.4 Å². The van der Waals surface area contributed by atoms with Crippen LogP contribution in [0.1, 0.15) is 6.42 Å². The first-order valence-electron chi connectivity index (χ1n) is 6.48. The Morgan fingerprint density at radius 1 is 0.885 bits per heavy atom. The highest BCUT2D eigenvalue weighted by Gasteiger charge is 2.55. The number of rotatable bonds is 6. The zero-order chi connectivity index (χ0) is 20.6. The van der Waals surface area contributed by atoms with E-state index in [1.54, 1.807) is 7.11 Å². The standard InChI is InChI=1S/C9H14NO.C2HF6NO4S2/c1-11-9-5-8-10-6-3-2-4-7-10;3-1(4,5)14(10,11)9-15(12,13)2(6,7)8/h2-4,6-7H,5,8-9H2,1H3;9H/q+1;. The molecule has 26 heavy (non-hydrogen) atoms. The van der Waals surface area contributed by atoms with Gasteiger partial charge in [0.1, 0.15) is 0 Å². The monoisotopic (exact) mass is 433 g/mol. The molecule has 0 bridgehead atoms. The van der Waals surface area contributed by atoms with Crippen molar-refractivity contribution in [3.63, 3.8) is 0 Å². The summed E-state index contributed by atoms with van der Waals surface area (Å²) in [4.78, 5) is 0. The van der Waals surface area contributed by atoms with Crippen LogP contribution >= 0.6 is 0 Å². The highest BCUT2D eigenvalue weighted by atomic mass is 32.3. The second-order valence-electron chi connectivity index (χ2n) is 4.44.